The van der Waals surface area contributed by atoms with Crippen molar-refractivity contribution < 1.29 is 9.13 Å². The van der Waals surface area contributed by atoms with Crippen LogP contribution in [0.3, 0.4) is 0 Å². The maximum atomic E-state index is 12.9. The summed E-state index contributed by atoms with van der Waals surface area (Å²) in [5.74, 6) is -0.294. The zero-order valence-electron chi connectivity index (χ0n) is 11.2. The summed E-state index contributed by atoms with van der Waals surface area (Å²) in [5.41, 5.74) is 0.975. The summed E-state index contributed by atoms with van der Waals surface area (Å²) in [6.45, 7) is 2.05. The van der Waals surface area contributed by atoms with Gasteiger partial charge in [0.25, 0.3) is 0 Å². The van der Waals surface area contributed by atoms with E-state index >= 15 is 0 Å². The van der Waals surface area contributed by atoms with Crippen LogP contribution in [0.4, 0.5) is 4.39 Å². The van der Waals surface area contributed by atoms with Gasteiger partial charge >= 0.3 is 0 Å². The molecule has 0 bridgehead atoms. The first-order valence-electron chi connectivity index (χ1n) is 6.20. The Hall–Kier alpha value is -0.640. The van der Waals surface area contributed by atoms with Gasteiger partial charge in [0.15, 0.2) is 0 Å². The Morgan fingerprint density at radius 3 is 2.67 bits per heavy atom. The summed E-state index contributed by atoms with van der Waals surface area (Å²) >= 11 is 6.03. The fraction of sp³-hybridized carbons (Fsp3) is 0.571. The van der Waals surface area contributed by atoms with E-state index in [1.54, 1.807) is 13.2 Å². The third kappa shape index (κ3) is 4.92. The van der Waals surface area contributed by atoms with Crippen LogP contribution < -0.4 is 5.32 Å². The molecule has 1 N–H and O–H groups in total. The summed E-state index contributed by atoms with van der Waals surface area (Å²) in [4.78, 5) is 0. The number of halogens is 2. The highest BCUT2D eigenvalue weighted by Crippen LogP contribution is 2.20. The van der Waals surface area contributed by atoms with E-state index in [1.165, 1.54) is 12.1 Å². The Bertz CT molecular complexity index is 373. The SMILES string of the molecule is CNC(CCC(C)OC)Cc1ccc(F)cc1Cl. The van der Waals surface area contributed by atoms with Gasteiger partial charge < -0.3 is 10.1 Å². The zero-order chi connectivity index (χ0) is 13.5. The second-order valence-corrected chi connectivity index (χ2v) is 4.96. The molecule has 0 aliphatic heterocycles. The van der Waals surface area contributed by atoms with E-state index in [0.29, 0.717) is 11.1 Å². The van der Waals surface area contributed by atoms with Crippen LogP contribution in [-0.4, -0.2) is 26.3 Å². The minimum absolute atomic E-state index is 0.254. The Balaban J connectivity index is 2.56. The van der Waals surface area contributed by atoms with Gasteiger partial charge in [0.1, 0.15) is 5.82 Å². The predicted molar refractivity (Wildman–Crippen MR) is 73.7 cm³/mol. The Morgan fingerprint density at radius 1 is 1.39 bits per heavy atom. The second-order valence-electron chi connectivity index (χ2n) is 4.55. The molecule has 102 valence electrons. The lowest BCUT2D eigenvalue weighted by molar-refractivity contribution is 0.106. The normalized spacial score (nSPS) is 14.5. The van der Waals surface area contributed by atoms with E-state index in [-0.39, 0.29) is 11.9 Å². The van der Waals surface area contributed by atoms with Crippen molar-refractivity contribution in [3.8, 4) is 0 Å². The highest BCUT2D eigenvalue weighted by atomic mass is 35.5. The molecular formula is C14H21ClFNO. The molecule has 0 aliphatic carbocycles. The van der Waals surface area contributed by atoms with E-state index in [1.807, 2.05) is 7.05 Å². The van der Waals surface area contributed by atoms with Gasteiger partial charge in [0.05, 0.1) is 6.10 Å². The maximum absolute atomic E-state index is 12.9. The molecule has 0 aromatic heterocycles. The van der Waals surface area contributed by atoms with Crippen LogP contribution in [0.5, 0.6) is 0 Å². The molecule has 4 heteroatoms. The van der Waals surface area contributed by atoms with E-state index in [9.17, 15) is 4.39 Å². The Labute approximate surface area is 113 Å². The summed E-state index contributed by atoms with van der Waals surface area (Å²) in [6, 6.07) is 4.89. The van der Waals surface area contributed by atoms with Crippen LogP contribution in [0, 0.1) is 5.82 Å². The molecule has 0 saturated carbocycles. The third-order valence-electron chi connectivity index (χ3n) is 3.21. The van der Waals surface area contributed by atoms with Gasteiger partial charge in [0, 0.05) is 18.2 Å². The molecule has 2 unspecified atom stereocenters. The largest absolute Gasteiger partial charge is 0.382 e. The van der Waals surface area contributed by atoms with Crippen molar-refractivity contribution in [3.05, 3.63) is 34.6 Å². The molecule has 0 saturated heterocycles. The molecule has 0 aliphatic rings. The first-order valence-corrected chi connectivity index (χ1v) is 6.58. The molecule has 2 nitrogen and oxygen atoms in total. The van der Waals surface area contributed by atoms with Gasteiger partial charge in [-0.15, -0.1) is 0 Å². The van der Waals surface area contributed by atoms with Crippen molar-refractivity contribution in [1.82, 2.24) is 5.32 Å². The molecule has 0 heterocycles. The average molecular weight is 274 g/mol. The van der Waals surface area contributed by atoms with Crippen molar-refractivity contribution in [2.24, 2.45) is 0 Å². The van der Waals surface area contributed by atoms with Crippen molar-refractivity contribution in [1.29, 1.82) is 0 Å². The molecule has 0 amide bonds. The van der Waals surface area contributed by atoms with Crippen LogP contribution >= 0.6 is 11.6 Å². The van der Waals surface area contributed by atoms with Crippen LogP contribution in [-0.2, 0) is 11.2 Å². The highest BCUT2D eigenvalue weighted by molar-refractivity contribution is 6.31. The number of ether oxygens (including phenoxy) is 1. The second kappa shape index (κ2) is 7.72. The van der Waals surface area contributed by atoms with Crippen LogP contribution in [0.1, 0.15) is 25.3 Å². The summed E-state index contributed by atoms with van der Waals surface area (Å²) in [6.07, 6.45) is 3.04. The minimum atomic E-state index is -0.294. The standard InChI is InChI=1S/C14H21ClFNO/c1-10(18-3)4-7-13(17-2)8-11-5-6-12(16)9-14(11)15/h5-6,9-10,13,17H,4,7-8H2,1-3H3. The van der Waals surface area contributed by atoms with E-state index in [2.05, 4.69) is 12.2 Å². The number of likely N-dealkylation sites (N-methyl/N-ethyl adjacent to an activating group) is 1. The molecule has 18 heavy (non-hydrogen) atoms. The van der Waals surface area contributed by atoms with Crippen LogP contribution in [0.15, 0.2) is 18.2 Å². The molecule has 0 spiro atoms. The van der Waals surface area contributed by atoms with Gasteiger partial charge in [-0.25, -0.2) is 4.39 Å². The lowest BCUT2D eigenvalue weighted by Gasteiger charge is -2.19. The van der Waals surface area contributed by atoms with Crippen LogP contribution in [0.2, 0.25) is 5.02 Å². The van der Waals surface area contributed by atoms with Gasteiger partial charge in [-0.1, -0.05) is 17.7 Å². The van der Waals surface area contributed by atoms with Crippen LogP contribution in [0.25, 0.3) is 0 Å². The third-order valence-corrected chi connectivity index (χ3v) is 3.57. The number of hydrogen-bond acceptors (Lipinski definition) is 2. The predicted octanol–water partition coefficient (Wildman–Crippen LogP) is 3.42. The first kappa shape index (κ1) is 15.4. The topological polar surface area (TPSA) is 21.3 Å². The van der Waals surface area contributed by atoms with Gasteiger partial charge in [0.2, 0.25) is 0 Å². The van der Waals surface area contributed by atoms with Crippen molar-refractivity contribution >= 4 is 11.6 Å². The fourth-order valence-corrected chi connectivity index (χ4v) is 2.10. The van der Waals surface area contributed by atoms with Gasteiger partial charge in [-0.05, 0) is 50.9 Å². The molecule has 1 aromatic carbocycles. The molecular weight excluding hydrogens is 253 g/mol. The summed E-state index contributed by atoms with van der Waals surface area (Å²) < 4.78 is 18.2. The average Bonchev–Trinajstić information content (AvgIpc) is 2.36. The van der Waals surface area contributed by atoms with Crippen molar-refractivity contribution in [2.45, 2.75) is 38.3 Å². The van der Waals surface area contributed by atoms with Crippen molar-refractivity contribution in [3.63, 3.8) is 0 Å². The highest BCUT2D eigenvalue weighted by Gasteiger charge is 2.12. The van der Waals surface area contributed by atoms with Gasteiger partial charge in [-0.2, -0.15) is 0 Å². The fourth-order valence-electron chi connectivity index (χ4n) is 1.85. The Morgan fingerprint density at radius 2 is 2.11 bits per heavy atom. The molecule has 1 rings (SSSR count). The molecule has 0 fully saturated rings. The van der Waals surface area contributed by atoms with Gasteiger partial charge in [-0.3, -0.25) is 0 Å². The summed E-state index contributed by atoms with van der Waals surface area (Å²) in [5, 5.41) is 3.76. The monoisotopic (exact) mass is 273 g/mol. The maximum Gasteiger partial charge on any atom is 0.124 e. The van der Waals surface area contributed by atoms with E-state index in [4.69, 9.17) is 16.3 Å². The lowest BCUT2D eigenvalue weighted by atomic mass is 10.0. The number of rotatable bonds is 7. The Kier molecular flexibility index (Phi) is 6.61. The number of benzene rings is 1. The zero-order valence-corrected chi connectivity index (χ0v) is 11.9. The van der Waals surface area contributed by atoms with Crippen molar-refractivity contribution in [2.75, 3.05) is 14.2 Å². The summed E-state index contributed by atoms with van der Waals surface area (Å²) in [7, 11) is 3.65. The minimum Gasteiger partial charge on any atom is -0.382 e. The quantitative estimate of drug-likeness (QED) is 0.822. The number of hydrogen-bond donors (Lipinski definition) is 1. The molecule has 1 aromatic rings. The van der Waals surface area contributed by atoms with E-state index in [0.717, 1.165) is 24.8 Å². The number of nitrogens with one attached hydrogen (secondary N) is 1. The molecule has 0 radical (unpaired) electrons. The number of methoxy groups -OCH3 is 1. The molecule has 2 atom stereocenters. The first-order chi connectivity index (χ1) is 8.56. The lowest BCUT2D eigenvalue weighted by Crippen LogP contribution is -2.28. The smallest absolute Gasteiger partial charge is 0.124 e. The van der Waals surface area contributed by atoms with E-state index < -0.39 is 0 Å².